The van der Waals surface area contributed by atoms with Gasteiger partial charge in [-0.25, -0.2) is 0 Å². The van der Waals surface area contributed by atoms with Crippen LogP contribution in [0.25, 0.3) is 0 Å². The lowest BCUT2D eigenvalue weighted by atomic mass is 9.94. The number of esters is 1. The van der Waals surface area contributed by atoms with Crippen LogP contribution < -0.4 is 0 Å². The number of aliphatic hydroxyl groups is 2. The number of rotatable bonds is 25. The van der Waals surface area contributed by atoms with Crippen molar-refractivity contribution in [2.75, 3.05) is 13.2 Å². The summed E-state index contributed by atoms with van der Waals surface area (Å²) >= 11 is 0. The van der Waals surface area contributed by atoms with Crippen LogP contribution in [0.2, 0.25) is 0 Å². The molecule has 0 saturated carbocycles. The summed E-state index contributed by atoms with van der Waals surface area (Å²) in [5, 5.41) is 27.0. The van der Waals surface area contributed by atoms with E-state index in [2.05, 4.69) is 6.92 Å². The highest BCUT2D eigenvalue weighted by molar-refractivity contribution is 5.72. The Morgan fingerprint density at radius 2 is 1.12 bits per heavy atom. The highest BCUT2D eigenvalue weighted by Crippen LogP contribution is 2.21. The fraction of sp³-hybridized carbons (Fsp3) is 0.926. The summed E-state index contributed by atoms with van der Waals surface area (Å²) in [4.78, 5) is 22.9. The Morgan fingerprint density at radius 1 is 0.697 bits per heavy atom. The lowest BCUT2D eigenvalue weighted by Crippen LogP contribution is -2.25. The Balaban J connectivity index is 3.88. The van der Waals surface area contributed by atoms with Gasteiger partial charge in [0.25, 0.3) is 0 Å². The topological polar surface area (TPSA) is 104 Å². The van der Waals surface area contributed by atoms with Crippen molar-refractivity contribution in [3.63, 3.8) is 0 Å². The second kappa shape index (κ2) is 24.0. The summed E-state index contributed by atoms with van der Waals surface area (Å²) in [6, 6.07) is 0. The summed E-state index contributed by atoms with van der Waals surface area (Å²) in [5.74, 6) is -1.01. The van der Waals surface area contributed by atoms with Crippen molar-refractivity contribution in [3.05, 3.63) is 0 Å². The number of carboxylic acids is 1. The number of unbranched alkanes of at least 4 members (excludes halogenated alkanes) is 15. The number of carbonyl (C=O) groups is 2. The minimum absolute atomic E-state index is 0.0943. The van der Waals surface area contributed by atoms with Gasteiger partial charge < -0.3 is 20.1 Å². The third-order valence-electron chi connectivity index (χ3n) is 6.31. The van der Waals surface area contributed by atoms with Crippen LogP contribution in [-0.4, -0.2) is 46.6 Å². The van der Waals surface area contributed by atoms with Gasteiger partial charge in [0.05, 0.1) is 12.5 Å². The number of carboxylic acid groups (broad SMARTS) is 1. The summed E-state index contributed by atoms with van der Waals surface area (Å²) in [6.45, 7) is 1.70. The maximum absolute atomic E-state index is 12.5. The monoisotopic (exact) mass is 472 g/mol. The second-order valence-electron chi connectivity index (χ2n) is 9.54. The van der Waals surface area contributed by atoms with E-state index in [0.717, 1.165) is 57.8 Å². The van der Waals surface area contributed by atoms with Gasteiger partial charge in [-0.3, -0.25) is 9.59 Å². The molecule has 2 unspecified atom stereocenters. The lowest BCUT2D eigenvalue weighted by molar-refractivity contribution is -0.152. The van der Waals surface area contributed by atoms with E-state index >= 15 is 0 Å². The number of hydrogen-bond acceptors (Lipinski definition) is 5. The van der Waals surface area contributed by atoms with Crippen LogP contribution in [0.3, 0.4) is 0 Å². The molecule has 196 valence electrons. The van der Waals surface area contributed by atoms with Crippen molar-refractivity contribution in [1.29, 1.82) is 0 Å². The zero-order valence-corrected chi connectivity index (χ0v) is 21.3. The Bertz CT molecular complexity index is 454. The number of aliphatic hydroxyl groups excluding tert-OH is 2. The van der Waals surface area contributed by atoms with Crippen molar-refractivity contribution in [1.82, 2.24) is 0 Å². The van der Waals surface area contributed by atoms with Gasteiger partial charge in [0, 0.05) is 6.42 Å². The smallest absolute Gasteiger partial charge is 0.309 e. The van der Waals surface area contributed by atoms with Crippen molar-refractivity contribution in [2.24, 2.45) is 5.92 Å². The van der Waals surface area contributed by atoms with Crippen LogP contribution in [0.4, 0.5) is 0 Å². The molecule has 0 aromatic heterocycles. The van der Waals surface area contributed by atoms with E-state index in [1.165, 1.54) is 64.2 Å². The van der Waals surface area contributed by atoms with Crippen LogP contribution in [0.1, 0.15) is 135 Å². The largest absolute Gasteiger partial charge is 0.481 e. The molecule has 0 spiro atoms. The molecule has 0 saturated heterocycles. The normalized spacial score (nSPS) is 13.1. The molecule has 6 nitrogen and oxygen atoms in total. The molecule has 0 aromatic rings. The maximum Gasteiger partial charge on any atom is 0.309 e. The van der Waals surface area contributed by atoms with Gasteiger partial charge in [-0.05, 0) is 19.3 Å². The van der Waals surface area contributed by atoms with Crippen LogP contribution in [0.5, 0.6) is 0 Å². The van der Waals surface area contributed by atoms with E-state index < -0.39 is 12.1 Å². The molecule has 0 heterocycles. The summed E-state index contributed by atoms with van der Waals surface area (Å²) in [7, 11) is 0. The van der Waals surface area contributed by atoms with E-state index in [9.17, 15) is 14.7 Å². The standard InChI is InChI=1S/C27H52O6/c1-2-3-4-5-13-16-19-24(27(32)33-23-25(29)22-28)20-17-14-11-9-7-6-8-10-12-15-18-21-26(30)31/h24-25,28-29H,2-23H2,1H3,(H,30,31). The highest BCUT2D eigenvalue weighted by atomic mass is 16.5. The SMILES string of the molecule is CCCCCCCCC(CCCCCCCCCCCCCC(=O)O)C(=O)OCC(O)CO. The predicted molar refractivity (Wildman–Crippen MR) is 133 cm³/mol. The molecule has 0 rings (SSSR count). The minimum atomic E-state index is -0.992. The Labute approximate surface area is 202 Å². The molecule has 3 N–H and O–H groups in total. The molecular formula is C27H52O6. The van der Waals surface area contributed by atoms with E-state index in [0.29, 0.717) is 6.42 Å². The molecule has 0 bridgehead atoms. The zero-order valence-electron chi connectivity index (χ0n) is 21.3. The van der Waals surface area contributed by atoms with Crippen molar-refractivity contribution in [2.45, 2.75) is 141 Å². The molecule has 0 fully saturated rings. The number of ether oxygens (including phenoxy) is 1. The third kappa shape index (κ3) is 22.4. The van der Waals surface area contributed by atoms with Gasteiger partial charge in [-0.2, -0.15) is 0 Å². The molecule has 0 radical (unpaired) electrons. The minimum Gasteiger partial charge on any atom is -0.481 e. The van der Waals surface area contributed by atoms with Crippen LogP contribution in [0, 0.1) is 5.92 Å². The number of carbonyl (C=O) groups excluding carboxylic acids is 1. The second-order valence-corrected chi connectivity index (χ2v) is 9.54. The van der Waals surface area contributed by atoms with Gasteiger partial charge in [0.15, 0.2) is 0 Å². The molecule has 0 aliphatic heterocycles. The fourth-order valence-electron chi connectivity index (χ4n) is 4.16. The zero-order chi connectivity index (χ0) is 24.6. The molecule has 0 aliphatic carbocycles. The first-order chi connectivity index (χ1) is 16.0. The van der Waals surface area contributed by atoms with Crippen LogP contribution in [0.15, 0.2) is 0 Å². The van der Waals surface area contributed by atoms with E-state index in [1.807, 2.05) is 0 Å². The number of hydrogen-bond donors (Lipinski definition) is 3. The molecule has 0 aliphatic rings. The molecule has 0 aromatic carbocycles. The average Bonchev–Trinajstić information content (AvgIpc) is 2.80. The molecule has 33 heavy (non-hydrogen) atoms. The fourth-order valence-corrected chi connectivity index (χ4v) is 4.16. The van der Waals surface area contributed by atoms with Crippen molar-refractivity contribution in [3.8, 4) is 0 Å². The molecule has 2 atom stereocenters. The highest BCUT2D eigenvalue weighted by Gasteiger charge is 2.20. The Hall–Kier alpha value is -1.14. The molecule has 6 heteroatoms. The maximum atomic E-state index is 12.5. The third-order valence-corrected chi connectivity index (χ3v) is 6.31. The molecule has 0 amide bonds. The van der Waals surface area contributed by atoms with Gasteiger partial charge in [0.2, 0.25) is 0 Å². The van der Waals surface area contributed by atoms with E-state index in [4.69, 9.17) is 14.9 Å². The van der Waals surface area contributed by atoms with E-state index in [-0.39, 0.29) is 25.1 Å². The first-order valence-corrected chi connectivity index (χ1v) is 13.7. The van der Waals surface area contributed by atoms with Gasteiger partial charge >= 0.3 is 11.9 Å². The van der Waals surface area contributed by atoms with Crippen molar-refractivity contribution < 1.29 is 29.6 Å². The first-order valence-electron chi connectivity index (χ1n) is 13.7. The lowest BCUT2D eigenvalue weighted by Gasteiger charge is -2.17. The number of aliphatic carboxylic acids is 1. The predicted octanol–water partition coefficient (Wildman–Crippen LogP) is 6.41. The van der Waals surface area contributed by atoms with Gasteiger partial charge in [-0.15, -0.1) is 0 Å². The Kier molecular flexibility index (Phi) is 23.2. The Morgan fingerprint density at radius 3 is 1.55 bits per heavy atom. The quantitative estimate of drug-likeness (QED) is 0.105. The average molecular weight is 473 g/mol. The van der Waals surface area contributed by atoms with Crippen LogP contribution >= 0.6 is 0 Å². The van der Waals surface area contributed by atoms with E-state index in [1.54, 1.807) is 0 Å². The van der Waals surface area contributed by atoms with Crippen molar-refractivity contribution >= 4 is 11.9 Å². The summed E-state index contributed by atoms with van der Waals surface area (Å²) in [6.07, 6.45) is 20.7. The van der Waals surface area contributed by atoms with Crippen LogP contribution in [-0.2, 0) is 14.3 Å². The summed E-state index contributed by atoms with van der Waals surface area (Å²) < 4.78 is 5.24. The van der Waals surface area contributed by atoms with Gasteiger partial charge in [-0.1, -0.05) is 110 Å². The summed E-state index contributed by atoms with van der Waals surface area (Å²) in [5.41, 5.74) is 0. The molecular weight excluding hydrogens is 420 g/mol. The first kappa shape index (κ1) is 31.9. The van der Waals surface area contributed by atoms with Gasteiger partial charge in [0.1, 0.15) is 12.7 Å².